The summed E-state index contributed by atoms with van der Waals surface area (Å²) >= 11 is 0. The maximum Gasteiger partial charge on any atom is 0.245 e. The summed E-state index contributed by atoms with van der Waals surface area (Å²) in [6, 6.07) is 7.52. The first-order valence-electron chi connectivity index (χ1n) is 6.89. The summed E-state index contributed by atoms with van der Waals surface area (Å²) in [6.07, 6.45) is 0. The Bertz CT molecular complexity index is 483. The largest absolute Gasteiger partial charge is 0.344 e. The van der Waals surface area contributed by atoms with Crippen molar-refractivity contribution in [3.63, 3.8) is 0 Å². The standard InChI is InChI=1S/C16H24N2O2/c1-11(2)15(17-13(4)19)16(20)18(5)10-14-9-7-6-8-12(14)3/h6-9,11,15H,10H2,1-5H3,(H,17,19)/t15-/m0/s1. The molecule has 0 aliphatic carbocycles. The van der Waals surface area contributed by atoms with Gasteiger partial charge in [0, 0.05) is 20.5 Å². The number of nitrogens with zero attached hydrogens (tertiary/aromatic N) is 1. The summed E-state index contributed by atoms with van der Waals surface area (Å²) in [5.74, 6) is -0.175. The lowest BCUT2D eigenvalue weighted by Gasteiger charge is -2.27. The van der Waals surface area contributed by atoms with Gasteiger partial charge < -0.3 is 10.2 Å². The van der Waals surface area contributed by atoms with Crippen LogP contribution in [0.5, 0.6) is 0 Å². The molecule has 4 nitrogen and oxygen atoms in total. The summed E-state index contributed by atoms with van der Waals surface area (Å²) < 4.78 is 0. The molecular formula is C16H24N2O2. The molecule has 1 atom stereocenters. The van der Waals surface area contributed by atoms with Crippen LogP contribution in [-0.2, 0) is 16.1 Å². The van der Waals surface area contributed by atoms with E-state index in [1.807, 2.05) is 45.0 Å². The van der Waals surface area contributed by atoms with Gasteiger partial charge in [-0.1, -0.05) is 38.1 Å². The molecule has 110 valence electrons. The van der Waals surface area contributed by atoms with Gasteiger partial charge in [0.05, 0.1) is 0 Å². The van der Waals surface area contributed by atoms with E-state index in [9.17, 15) is 9.59 Å². The average molecular weight is 276 g/mol. The highest BCUT2D eigenvalue weighted by molar-refractivity contribution is 5.86. The van der Waals surface area contributed by atoms with Crippen molar-refractivity contribution in [2.24, 2.45) is 5.92 Å². The van der Waals surface area contributed by atoms with Gasteiger partial charge >= 0.3 is 0 Å². The highest BCUT2D eigenvalue weighted by atomic mass is 16.2. The van der Waals surface area contributed by atoms with Crippen LogP contribution in [0, 0.1) is 12.8 Å². The second-order valence-corrected chi connectivity index (χ2v) is 5.54. The number of rotatable bonds is 5. The molecule has 0 radical (unpaired) electrons. The van der Waals surface area contributed by atoms with Crippen LogP contribution in [0.2, 0.25) is 0 Å². The van der Waals surface area contributed by atoms with E-state index < -0.39 is 6.04 Å². The fraction of sp³-hybridized carbons (Fsp3) is 0.500. The SMILES string of the molecule is CC(=O)N[C@H](C(=O)N(C)Cc1ccccc1C)C(C)C. The second-order valence-electron chi connectivity index (χ2n) is 5.54. The molecule has 0 fully saturated rings. The Balaban J connectivity index is 2.79. The molecule has 0 saturated carbocycles. The van der Waals surface area contributed by atoms with E-state index in [4.69, 9.17) is 0 Å². The van der Waals surface area contributed by atoms with Crippen LogP contribution in [0.3, 0.4) is 0 Å². The van der Waals surface area contributed by atoms with E-state index in [0.717, 1.165) is 11.1 Å². The van der Waals surface area contributed by atoms with Gasteiger partial charge in [-0.2, -0.15) is 0 Å². The first kappa shape index (κ1) is 16.2. The fourth-order valence-electron chi connectivity index (χ4n) is 2.09. The van der Waals surface area contributed by atoms with Gasteiger partial charge in [-0.05, 0) is 24.0 Å². The van der Waals surface area contributed by atoms with E-state index in [1.165, 1.54) is 6.92 Å². The smallest absolute Gasteiger partial charge is 0.245 e. The van der Waals surface area contributed by atoms with E-state index >= 15 is 0 Å². The van der Waals surface area contributed by atoms with Gasteiger partial charge in [0.25, 0.3) is 0 Å². The predicted molar refractivity (Wildman–Crippen MR) is 80.1 cm³/mol. The molecule has 0 aromatic heterocycles. The molecule has 2 amide bonds. The zero-order chi connectivity index (χ0) is 15.3. The summed E-state index contributed by atoms with van der Waals surface area (Å²) in [4.78, 5) is 25.3. The molecule has 4 heteroatoms. The number of nitrogens with one attached hydrogen (secondary N) is 1. The number of hydrogen-bond donors (Lipinski definition) is 1. The highest BCUT2D eigenvalue weighted by Crippen LogP contribution is 2.12. The van der Waals surface area contributed by atoms with Crippen LogP contribution in [0.1, 0.15) is 31.9 Å². The molecule has 1 aromatic rings. The molecule has 20 heavy (non-hydrogen) atoms. The third kappa shape index (κ3) is 4.37. The summed E-state index contributed by atoms with van der Waals surface area (Å²) in [7, 11) is 1.77. The first-order valence-corrected chi connectivity index (χ1v) is 6.89. The van der Waals surface area contributed by atoms with Gasteiger partial charge in [-0.15, -0.1) is 0 Å². The van der Waals surface area contributed by atoms with Crippen LogP contribution in [-0.4, -0.2) is 29.8 Å². The number of aryl methyl sites for hydroxylation is 1. The molecule has 0 spiro atoms. The maximum absolute atomic E-state index is 12.4. The van der Waals surface area contributed by atoms with Crippen molar-refractivity contribution < 1.29 is 9.59 Å². The van der Waals surface area contributed by atoms with E-state index in [1.54, 1.807) is 11.9 Å². The van der Waals surface area contributed by atoms with E-state index in [0.29, 0.717) is 6.54 Å². The summed E-state index contributed by atoms with van der Waals surface area (Å²) in [5, 5.41) is 2.73. The number of benzene rings is 1. The minimum atomic E-state index is -0.471. The molecule has 0 bridgehead atoms. The maximum atomic E-state index is 12.4. The predicted octanol–water partition coefficient (Wildman–Crippen LogP) is 2.11. The van der Waals surface area contributed by atoms with Crippen LogP contribution in [0.15, 0.2) is 24.3 Å². The highest BCUT2D eigenvalue weighted by Gasteiger charge is 2.26. The molecule has 0 unspecified atom stereocenters. The van der Waals surface area contributed by atoms with Crippen LogP contribution in [0.4, 0.5) is 0 Å². The number of hydrogen-bond acceptors (Lipinski definition) is 2. The quantitative estimate of drug-likeness (QED) is 0.895. The van der Waals surface area contributed by atoms with Gasteiger partial charge in [0.1, 0.15) is 6.04 Å². The third-order valence-corrected chi connectivity index (χ3v) is 3.34. The Morgan fingerprint density at radius 3 is 2.35 bits per heavy atom. The van der Waals surface area contributed by atoms with Crippen molar-refractivity contribution >= 4 is 11.8 Å². The number of carbonyl (C=O) groups excluding carboxylic acids is 2. The minimum absolute atomic E-state index is 0.0570. The Morgan fingerprint density at radius 2 is 1.85 bits per heavy atom. The lowest BCUT2D eigenvalue weighted by Crippen LogP contribution is -2.49. The normalized spacial score (nSPS) is 12.1. The van der Waals surface area contributed by atoms with Crippen LogP contribution < -0.4 is 5.32 Å². The Morgan fingerprint density at radius 1 is 1.25 bits per heavy atom. The number of likely N-dealkylation sites (N-methyl/N-ethyl adjacent to an activating group) is 1. The topological polar surface area (TPSA) is 49.4 Å². The first-order chi connectivity index (χ1) is 9.32. The van der Waals surface area contributed by atoms with E-state index in [-0.39, 0.29) is 17.7 Å². The van der Waals surface area contributed by atoms with Gasteiger partial charge in [-0.3, -0.25) is 9.59 Å². The molecule has 0 aliphatic rings. The molecule has 0 saturated heterocycles. The van der Waals surface area contributed by atoms with Gasteiger partial charge in [0.15, 0.2) is 0 Å². The van der Waals surface area contributed by atoms with Crippen molar-refractivity contribution in [1.82, 2.24) is 10.2 Å². The molecule has 1 N–H and O–H groups in total. The monoisotopic (exact) mass is 276 g/mol. The Kier molecular flexibility index (Phi) is 5.74. The van der Waals surface area contributed by atoms with Crippen molar-refractivity contribution in [2.45, 2.75) is 40.3 Å². The van der Waals surface area contributed by atoms with Crippen molar-refractivity contribution in [3.05, 3.63) is 35.4 Å². The van der Waals surface area contributed by atoms with E-state index in [2.05, 4.69) is 5.32 Å². The average Bonchev–Trinajstić information content (AvgIpc) is 2.37. The molecule has 1 rings (SSSR count). The van der Waals surface area contributed by atoms with Crippen molar-refractivity contribution in [1.29, 1.82) is 0 Å². The Hall–Kier alpha value is -1.84. The molecule has 1 aromatic carbocycles. The molecule has 0 aliphatic heterocycles. The number of carbonyl (C=O) groups is 2. The Labute approximate surface area is 121 Å². The second kappa shape index (κ2) is 7.08. The molecular weight excluding hydrogens is 252 g/mol. The van der Waals surface area contributed by atoms with Gasteiger partial charge in [-0.25, -0.2) is 0 Å². The lowest BCUT2D eigenvalue weighted by molar-refractivity contribution is -0.136. The zero-order valence-corrected chi connectivity index (χ0v) is 12.9. The fourth-order valence-corrected chi connectivity index (χ4v) is 2.09. The third-order valence-electron chi connectivity index (χ3n) is 3.34. The minimum Gasteiger partial charge on any atom is -0.344 e. The van der Waals surface area contributed by atoms with Crippen LogP contribution >= 0.6 is 0 Å². The summed E-state index contributed by atoms with van der Waals surface area (Å²) in [5.41, 5.74) is 2.28. The van der Waals surface area contributed by atoms with Crippen molar-refractivity contribution in [2.75, 3.05) is 7.05 Å². The lowest BCUT2D eigenvalue weighted by atomic mass is 10.0. The number of amides is 2. The van der Waals surface area contributed by atoms with Crippen LogP contribution in [0.25, 0.3) is 0 Å². The summed E-state index contributed by atoms with van der Waals surface area (Å²) in [6.45, 7) is 7.87. The molecule has 0 heterocycles. The van der Waals surface area contributed by atoms with Crippen molar-refractivity contribution in [3.8, 4) is 0 Å². The zero-order valence-electron chi connectivity index (χ0n) is 12.9. The van der Waals surface area contributed by atoms with Gasteiger partial charge in [0.2, 0.25) is 11.8 Å².